The molecule has 0 radical (unpaired) electrons. The Morgan fingerprint density at radius 1 is 1.06 bits per heavy atom. The van der Waals surface area contributed by atoms with Crippen LogP contribution in [-0.4, -0.2) is 13.5 Å². The van der Waals surface area contributed by atoms with Gasteiger partial charge in [0.1, 0.15) is 10.6 Å². The summed E-state index contributed by atoms with van der Waals surface area (Å²) in [6, 6.07) is 12.3. The largest absolute Gasteiger partial charge is 0.506 e. The summed E-state index contributed by atoms with van der Waals surface area (Å²) in [5, 5.41) is 9.87. The highest BCUT2D eigenvalue weighted by molar-refractivity contribution is 7.92. The van der Waals surface area contributed by atoms with Crippen molar-refractivity contribution in [1.29, 1.82) is 0 Å². The molecular weight excluding hydrogens is 274 g/mol. The minimum atomic E-state index is -3.82. The zero-order valence-electron chi connectivity index (χ0n) is 9.17. The molecule has 4 nitrogen and oxygen atoms in total. The molecule has 0 aliphatic rings. The molecule has 6 heteroatoms. The maximum atomic E-state index is 12.0. The lowest BCUT2D eigenvalue weighted by Crippen LogP contribution is -2.12. The van der Waals surface area contributed by atoms with Gasteiger partial charge < -0.3 is 5.11 Å². The van der Waals surface area contributed by atoms with Gasteiger partial charge in [-0.05, 0) is 30.3 Å². The monoisotopic (exact) mass is 283 g/mol. The second-order valence-corrected chi connectivity index (χ2v) is 5.67. The standard InChI is InChI=1S/C12H10ClNO3S/c13-9-6-7-12(11(15)8-9)18(16,17)14-10-4-2-1-3-5-10/h1-8,14-15H. The van der Waals surface area contributed by atoms with Crippen molar-refractivity contribution < 1.29 is 13.5 Å². The van der Waals surface area contributed by atoms with Crippen molar-refractivity contribution in [3.8, 4) is 5.75 Å². The fourth-order valence-electron chi connectivity index (χ4n) is 1.43. The third-order valence-corrected chi connectivity index (χ3v) is 3.90. The van der Waals surface area contributed by atoms with E-state index in [2.05, 4.69) is 4.72 Å². The molecule has 0 saturated heterocycles. The zero-order valence-corrected chi connectivity index (χ0v) is 10.7. The van der Waals surface area contributed by atoms with Crippen LogP contribution in [0.25, 0.3) is 0 Å². The number of phenolic OH excluding ortho intramolecular Hbond substituents is 1. The summed E-state index contributed by atoms with van der Waals surface area (Å²) in [7, 11) is -3.82. The van der Waals surface area contributed by atoms with Crippen LogP contribution in [-0.2, 0) is 10.0 Å². The first-order chi connectivity index (χ1) is 8.49. The molecule has 18 heavy (non-hydrogen) atoms. The van der Waals surface area contributed by atoms with Crippen LogP contribution >= 0.6 is 11.6 Å². The lowest BCUT2D eigenvalue weighted by molar-refractivity contribution is 0.459. The number of rotatable bonds is 3. The van der Waals surface area contributed by atoms with E-state index in [1.807, 2.05) is 0 Å². The van der Waals surface area contributed by atoms with Gasteiger partial charge in [-0.1, -0.05) is 29.8 Å². The summed E-state index contributed by atoms with van der Waals surface area (Å²) in [4.78, 5) is -0.212. The summed E-state index contributed by atoms with van der Waals surface area (Å²) >= 11 is 5.65. The summed E-state index contributed by atoms with van der Waals surface area (Å²) < 4.78 is 26.4. The topological polar surface area (TPSA) is 66.4 Å². The molecule has 0 atom stereocenters. The number of phenols is 1. The van der Waals surface area contributed by atoms with Gasteiger partial charge in [0.15, 0.2) is 0 Å². The van der Waals surface area contributed by atoms with Crippen molar-refractivity contribution in [1.82, 2.24) is 0 Å². The number of sulfonamides is 1. The summed E-state index contributed by atoms with van der Waals surface area (Å²) in [6.07, 6.45) is 0. The van der Waals surface area contributed by atoms with Crippen molar-refractivity contribution in [2.45, 2.75) is 4.90 Å². The molecule has 0 unspecified atom stereocenters. The Labute approximate surface area is 110 Å². The van der Waals surface area contributed by atoms with Gasteiger partial charge in [0.25, 0.3) is 10.0 Å². The summed E-state index contributed by atoms with van der Waals surface area (Å²) in [5.74, 6) is -0.383. The van der Waals surface area contributed by atoms with Crippen LogP contribution in [0.2, 0.25) is 5.02 Å². The van der Waals surface area contributed by atoms with Crippen LogP contribution in [0.4, 0.5) is 5.69 Å². The van der Waals surface area contributed by atoms with Crippen molar-refractivity contribution in [2.75, 3.05) is 4.72 Å². The van der Waals surface area contributed by atoms with Crippen molar-refractivity contribution in [2.24, 2.45) is 0 Å². The Morgan fingerprint density at radius 3 is 2.33 bits per heavy atom. The molecule has 0 amide bonds. The summed E-state index contributed by atoms with van der Waals surface area (Å²) in [5.41, 5.74) is 0.423. The third kappa shape index (κ3) is 2.75. The molecule has 2 rings (SSSR count). The molecule has 0 bridgehead atoms. The molecule has 94 valence electrons. The fourth-order valence-corrected chi connectivity index (χ4v) is 2.74. The number of hydrogen-bond donors (Lipinski definition) is 2. The van der Waals surface area contributed by atoms with E-state index >= 15 is 0 Å². The molecule has 2 aromatic rings. The zero-order chi connectivity index (χ0) is 13.2. The Kier molecular flexibility index (Phi) is 3.45. The van der Waals surface area contributed by atoms with Gasteiger partial charge >= 0.3 is 0 Å². The Hall–Kier alpha value is -1.72. The van der Waals surface area contributed by atoms with Crippen LogP contribution in [0.5, 0.6) is 5.75 Å². The minimum Gasteiger partial charge on any atom is -0.506 e. The Morgan fingerprint density at radius 2 is 1.72 bits per heavy atom. The van der Waals surface area contributed by atoms with Gasteiger partial charge in [-0.25, -0.2) is 8.42 Å². The molecule has 0 saturated carbocycles. The first-order valence-corrected chi connectivity index (χ1v) is 6.91. The number of benzene rings is 2. The lowest BCUT2D eigenvalue weighted by Gasteiger charge is -2.09. The number of nitrogens with one attached hydrogen (secondary N) is 1. The van der Waals surface area contributed by atoms with Gasteiger partial charge in [-0.15, -0.1) is 0 Å². The van der Waals surface area contributed by atoms with Crippen LogP contribution < -0.4 is 4.72 Å². The highest BCUT2D eigenvalue weighted by Gasteiger charge is 2.18. The van der Waals surface area contributed by atoms with E-state index in [0.29, 0.717) is 5.69 Å². The quantitative estimate of drug-likeness (QED) is 0.910. The van der Waals surface area contributed by atoms with Crippen molar-refractivity contribution in [3.05, 3.63) is 53.6 Å². The van der Waals surface area contributed by atoms with Crippen molar-refractivity contribution in [3.63, 3.8) is 0 Å². The van der Waals surface area contributed by atoms with Gasteiger partial charge in [0.05, 0.1) is 0 Å². The van der Waals surface area contributed by atoms with Gasteiger partial charge in [-0.2, -0.15) is 0 Å². The molecular formula is C12H10ClNO3S. The first-order valence-electron chi connectivity index (χ1n) is 5.05. The number of aromatic hydroxyl groups is 1. The third-order valence-electron chi connectivity index (χ3n) is 2.24. The molecule has 0 fully saturated rings. The van der Waals surface area contributed by atoms with Crippen LogP contribution in [0.15, 0.2) is 53.4 Å². The predicted molar refractivity (Wildman–Crippen MR) is 70.4 cm³/mol. The number of para-hydroxylation sites is 1. The molecule has 0 aliphatic carbocycles. The molecule has 2 N–H and O–H groups in total. The number of halogens is 1. The maximum absolute atomic E-state index is 12.0. The normalized spacial score (nSPS) is 11.2. The van der Waals surface area contributed by atoms with E-state index in [4.69, 9.17) is 11.6 Å². The number of anilines is 1. The fraction of sp³-hybridized carbons (Fsp3) is 0. The van der Waals surface area contributed by atoms with E-state index in [1.165, 1.54) is 18.2 Å². The molecule has 2 aromatic carbocycles. The number of hydrogen-bond acceptors (Lipinski definition) is 3. The van der Waals surface area contributed by atoms with Crippen LogP contribution in [0.1, 0.15) is 0 Å². The molecule has 0 heterocycles. The van der Waals surface area contributed by atoms with Gasteiger partial charge in [0, 0.05) is 10.7 Å². The molecule has 0 aromatic heterocycles. The molecule has 0 aliphatic heterocycles. The average Bonchev–Trinajstić information content (AvgIpc) is 2.29. The second-order valence-electron chi connectivity index (χ2n) is 3.58. The lowest BCUT2D eigenvalue weighted by atomic mass is 10.3. The average molecular weight is 284 g/mol. The van der Waals surface area contributed by atoms with E-state index in [-0.39, 0.29) is 15.7 Å². The smallest absolute Gasteiger partial charge is 0.265 e. The predicted octanol–water partition coefficient (Wildman–Crippen LogP) is 2.85. The van der Waals surface area contributed by atoms with E-state index < -0.39 is 10.0 Å². The van der Waals surface area contributed by atoms with Crippen LogP contribution in [0.3, 0.4) is 0 Å². The minimum absolute atomic E-state index is 0.212. The molecule has 0 spiro atoms. The maximum Gasteiger partial charge on any atom is 0.265 e. The SMILES string of the molecule is O=S(=O)(Nc1ccccc1)c1ccc(Cl)cc1O. The second kappa shape index (κ2) is 4.88. The van der Waals surface area contributed by atoms with E-state index in [9.17, 15) is 13.5 Å². The highest BCUT2D eigenvalue weighted by Crippen LogP contribution is 2.27. The van der Waals surface area contributed by atoms with E-state index in [1.54, 1.807) is 30.3 Å². The first kappa shape index (κ1) is 12.7. The van der Waals surface area contributed by atoms with Crippen LogP contribution in [0, 0.1) is 0 Å². The van der Waals surface area contributed by atoms with Gasteiger partial charge in [-0.3, -0.25) is 4.72 Å². The van der Waals surface area contributed by atoms with E-state index in [0.717, 1.165) is 0 Å². The van der Waals surface area contributed by atoms with Crippen molar-refractivity contribution >= 4 is 27.3 Å². The van der Waals surface area contributed by atoms with Gasteiger partial charge in [0.2, 0.25) is 0 Å². The Bertz CT molecular complexity index is 656. The summed E-state index contributed by atoms with van der Waals surface area (Å²) in [6.45, 7) is 0. The Balaban J connectivity index is 2.37. The highest BCUT2D eigenvalue weighted by atomic mass is 35.5.